The van der Waals surface area contributed by atoms with E-state index in [0.29, 0.717) is 0 Å². The third-order valence-corrected chi connectivity index (χ3v) is 0. The average Bonchev–Trinajstić information content (AvgIpc) is 0.811. The zero-order valence-corrected chi connectivity index (χ0v) is 4.95. The molecule has 0 N–H and O–H groups in total. The smallest absolute Gasteiger partial charge is 0.0379 e. The SMILES string of the molecule is C[Si](C)C.[N]. The van der Waals surface area contributed by atoms with Gasteiger partial charge in [-0.2, -0.15) is 0 Å². The van der Waals surface area contributed by atoms with Gasteiger partial charge in [-0.3, -0.25) is 0 Å². The molecule has 0 saturated heterocycles. The number of hydrogen-bond donors (Lipinski definition) is 0. The molecule has 0 heterocycles. The summed E-state index contributed by atoms with van der Waals surface area (Å²) in [4.78, 5) is 0. The summed E-state index contributed by atoms with van der Waals surface area (Å²) in [6.07, 6.45) is 0. The average molecular weight is 87.2 g/mol. The highest BCUT2D eigenvalue weighted by molar-refractivity contribution is 6.54. The van der Waals surface area contributed by atoms with Crippen LogP contribution in [0.1, 0.15) is 0 Å². The zero-order valence-electron chi connectivity index (χ0n) is 3.95. The molecular formula is C3H9NSi. The van der Waals surface area contributed by atoms with Gasteiger partial charge in [0.2, 0.25) is 0 Å². The molecule has 0 aliphatic rings. The Morgan fingerprint density at radius 3 is 1.00 bits per heavy atom. The van der Waals surface area contributed by atoms with Crippen molar-refractivity contribution in [2.45, 2.75) is 19.6 Å². The molecule has 30 valence electrons. The maximum atomic E-state index is 2.27. The second kappa shape index (κ2) is 4.18. The first-order valence-corrected chi connectivity index (χ1v) is 4.50. The van der Waals surface area contributed by atoms with Crippen LogP contribution in [0.4, 0.5) is 0 Å². The second-order valence-corrected chi connectivity index (χ2v) is 4.50. The van der Waals surface area contributed by atoms with Crippen molar-refractivity contribution in [3.63, 3.8) is 0 Å². The van der Waals surface area contributed by atoms with E-state index in [1.54, 1.807) is 0 Å². The normalized spacial score (nSPS) is 7.20. The van der Waals surface area contributed by atoms with Crippen molar-refractivity contribution in [2.24, 2.45) is 0 Å². The van der Waals surface area contributed by atoms with Gasteiger partial charge in [-0.05, 0) is 0 Å². The van der Waals surface area contributed by atoms with Gasteiger partial charge in [-0.1, -0.05) is 19.6 Å². The van der Waals surface area contributed by atoms with Crippen molar-refractivity contribution in [3.8, 4) is 0 Å². The molecule has 5 heavy (non-hydrogen) atoms. The predicted octanol–water partition coefficient (Wildman–Crippen LogP) is 0.890. The van der Waals surface area contributed by atoms with Crippen molar-refractivity contribution in [3.05, 3.63) is 0 Å². The minimum Gasteiger partial charge on any atom is -0.0715 e. The third-order valence-electron chi connectivity index (χ3n) is 0. The Kier molecular flexibility index (Phi) is 7.48. The highest BCUT2D eigenvalue weighted by Gasteiger charge is 1.72. The molecule has 0 aliphatic carbocycles. The summed E-state index contributed by atoms with van der Waals surface area (Å²) in [6.45, 7) is 6.81. The minimum atomic E-state index is 0. The molecule has 0 amide bonds. The van der Waals surface area contributed by atoms with Gasteiger partial charge in [-0.15, -0.1) is 0 Å². The summed E-state index contributed by atoms with van der Waals surface area (Å²) in [5.74, 6) is 0. The maximum absolute atomic E-state index is 2.27. The van der Waals surface area contributed by atoms with E-state index in [4.69, 9.17) is 0 Å². The Labute approximate surface area is 35.6 Å². The van der Waals surface area contributed by atoms with Crippen molar-refractivity contribution in [2.75, 3.05) is 0 Å². The van der Waals surface area contributed by atoms with Crippen LogP contribution in [0.25, 0.3) is 0 Å². The van der Waals surface area contributed by atoms with Crippen LogP contribution in [-0.2, 0) is 0 Å². The molecule has 0 aliphatic heterocycles. The van der Waals surface area contributed by atoms with Gasteiger partial charge in [-0.25, -0.2) is 0 Å². The fraction of sp³-hybridized carbons (Fsp3) is 1.00. The van der Waals surface area contributed by atoms with E-state index in [2.05, 4.69) is 19.6 Å². The quantitative estimate of drug-likeness (QED) is 0.393. The molecule has 0 rings (SSSR count). The highest BCUT2D eigenvalue weighted by Crippen LogP contribution is 1.68. The second-order valence-electron chi connectivity index (χ2n) is 1.50. The minimum absolute atomic E-state index is 0. The topological polar surface area (TPSA) is 30.5 Å². The summed E-state index contributed by atoms with van der Waals surface area (Å²) in [5, 5.41) is 0. The van der Waals surface area contributed by atoms with Crippen molar-refractivity contribution in [1.82, 2.24) is 6.15 Å². The summed E-state index contributed by atoms with van der Waals surface area (Å²) < 4.78 is 0. The largest absolute Gasteiger partial charge is 0.0715 e. The fourth-order valence-electron chi connectivity index (χ4n) is 0. The monoisotopic (exact) mass is 87.1 g/mol. The Hall–Kier alpha value is 0.177. The summed E-state index contributed by atoms with van der Waals surface area (Å²) in [6, 6.07) is 0. The number of rotatable bonds is 0. The van der Waals surface area contributed by atoms with Gasteiger partial charge in [0.05, 0.1) is 0 Å². The molecule has 2 heteroatoms. The van der Waals surface area contributed by atoms with Gasteiger partial charge in [0.25, 0.3) is 0 Å². The Morgan fingerprint density at radius 1 is 1.00 bits per heavy atom. The van der Waals surface area contributed by atoms with Crippen LogP contribution in [0, 0.1) is 0 Å². The van der Waals surface area contributed by atoms with Crippen LogP contribution < -0.4 is 6.15 Å². The van der Waals surface area contributed by atoms with E-state index in [1.807, 2.05) is 0 Å². The summed E-state index contributed by atoms with van der Waals surface area (Å²) >= 11 is 0. The first kappa shape index (κ1) is 8.95. The lowest BCUT2D eigenvalue weighted by Crippen LogP contribution is -1.84. The Balaban J connectivity index is 0. The lowest BCUT2D eigenvalue weighted by Gasteiger charge is -1.75. The molecule has 0 aromatic carbocycles. The van der Waals surface area contributed by atoms with Gasteiger partial charge < -0.3 is 0 Å². The first-order valence-electron chi connectivity index (χ1n) is 1.50. The molecule has 0 aromatic heterocycles. The molecule has 0 saturated carbocycles. The predicted molar refractivity (Wildman–Crippen MR) is 25.5 cm³/mol. The van der Waals surface area contributed by atoms with Crippen molar-refractivity contribution in [1.29, 1.82) is 0 Å². The molecule has 0 aromatic rings. The molecule has 4 radical (unpaired) electrons. The summed E-state index contributed by atoms with van der Waals surface area (Å²) in [5.41, 5.74) is 0. The summed E-state index contributed by atoms with van der Waals surface area (Å²) in [7, 11) is 0.120. The molecule has 0 fully saturated rings. The van der Waals surface area contributed by atoms with Gasteiger partial charge in [0.15, 0.2) is 0 Å². The van der Waals surface area contributed by atoms with Crippen LogP contribution in [0.3, 0.4) is 0 Å². The van der Waals surface area contributed by atoms with Crippen LogP contribution >= 0.6 is 0 Å². The van der Waals surface area contributed by atoms with E-state index in [9.17, 15) is 0 Å². The molecule has 0 bridgehead atoms. The van der Waals surface area contributed by atoms with E-state index >= 15 is 0 Å². The van der Waals surface area contributed by atoms with E-state index in [1.165, 1.54) is 0 Å². The first-order chi connectivity index (χ1) is 1.73. The highest BCUT2D eigenvalue weighted by atomic mass is 28.3. The molecule has 0 atom stereocenters. The van der Waals surface area contributed by atoms with Crippen molar-refractivity contribution >= 4 is 8.80 Å². The van der Waals surface area contributed by atoms with Crippen molar-refractivity contribution < 1.29 is 0 Å². The number of nitrogens with zero attached hydrogens (tertiary/aromatic N) is 1. The third kappa shape index (κ3) is 633. The standard InChI is InChI=1S/C3H9Si.N/c1-4(2)3;/h1-3H3;. The lowest BCUT2D eigenvalue weighted by atomic mass is 11.8. The molecule has 1 nitrogen and oxygen atoms in total. The van der Waals surface area contributed by atoms with E-state index < -0.39 is 0 Å². The van der Waals surface area contributed by atoms with Crippen LogP contribution in [0.2, 0.25) is 19.6 Å². The molecule has 0 unspecified atom stereocenters. The fourth-order valence-corrected chi connectivity index (χ4v) is 0. The Bertz CT molecular complexity index is 11.6. The molecule has 0 spiro atoms. The Morgan fingerprint density at radius 2 is 1.00 bits per heavy atom. The van der Waals surface area contributed by atoms with Crippen LogP contribution in [-0.4, -0.2) is 8.80 Å². The van der Waals surface area contributed by atoms with Crippen LogP contribution in [0.15, 0.2) is 0 Å². The van der Waals surface area contributed by atoms with E-state index in [-0.39, 0.29) is 14.9 Å². The van der Waals surface area contributed by atoms with Gasteiger partial charge in [0, 0.05) is 14.9 Å². The molecular weight excluding hydrogens is 78.1 g/mol. The van der Waals surface area contributed by atoms with Gasteiger partial charge in [0.1, 0.15) is 0 Å². The lowest BCUT2D eigenvalue weighted by molar-refractivity contribution is 1.91. The number of hydrogen-bond acceptors (Lipinski definition) is 0. The van der Waals surface area contributed by atoms with Crippen LogP contribution in [0.5, 0.6) is 0 Å². The van der Waals surface area contributed by atoms with E-state index in [0.717, 1.165) is 0 Å². The van der Waals surface area contributed by atoms with Gasteiger partial charge >= 0.3 is 0 Å². The maximum Gasteiger partial charge on any atom is 0.0379 e. The zero-order chi connectivity index (χ0) is 3.58.